The Labute approximate surface area is 246 Å². The number of hydrogen-bond acceptors (Lipinski definition) is 3. The molecule has 1 aliphatic heterocycles. The standard InChI is InChI=1S/C36H36F2N4/c1-27-9-11-28(12-10-27)35-26-33(39-42(35)34-7-3-2-4-8-34)6-5-21-40-22-24-41(25-23-40)36(29-13-17-31(37)18-14-29)30-15-19-32(38)20-16-30/h2-4,7-20,26,36H,5-6,21-25H2,1H3. The van der Waals surface area contributed by atoms with Crippen molar-refractivity contribution >= 4 is 0 Å². The predicted molar refractivity (Wildman–Crippen MR) is 165 cm³/mol. The Kier molecular flexibility index (Phi) is 8.54. The average molecular weight is 563 g/mol. The summed E-state index contributed by atoms with van der Waals surface area (Å²) in [7, 11) is 0. The van der Waals surface area contributed by atoms with E-state index in [1.807, 2.05) is 42.5 Å². The first-order valence-corrected chi connectivity index (χ1v) is 14.7. The minimum absolute atomic E-state index is 0.0319. The molecule has 4 nitrogen and oxygen atoms in total. The fourth-order valence-corrected chi connectivity index (χ4v) is 5.88. The van der Waals surface area contributed by atoms with E-state index in [-0.39, 0.29) is 17.7 Å². The molecular weight excluding hydrogens is 526 g/mol. The molecule has 5 aromatic rings. The highest BCUT2D eigenvalue weighted by atomic mass is 19.1. The van der Waals surface area contributed by atoms with Crippen LogP contribution in [0.25, 0.3) is 16.9 Å². The summed E-state index contributed by atoms with van der Waals surface area (Å²) in [6.45, 7) is 6.79. The molecule has 214 valence electrons. The van der Waals surface area contributed by atoms with Crippen LogP contribution >= 0.6 is 0 Å². The Morgan fingerprint density at radius 2 is 1.31 bits per heavy atom. The molecule has 0 spiro atoms. The summed E-state index contributed by atoms with van der Waals surface area (Å²) < 4.78 is 29.4. The molecular formula is C36H36F2N4. The summed E-state index contributed by atoms with van der Waals surface area (Å²) in [5, 5.41) is 5.01. The van der Waals surface area contributed by atoms with Crippen LogP contribution in [-0.2, 0) is 6.42 Å². The molecule has 42 heavy (non-hydrogen) atoms. The fraction of sp³-hybridized carbons (Fsp3) is 0.250. The lowest BCUT2D eigenvalue weighted by Gasteiger charge is -2.39. The second-order valence-electron chi connectivity index (χ2n) is 11.1. The van der Waals surface area contributed by atoms with Crippen LogP contribution in [0.4, 0.5) is 8.78 Å². The topological polar surface area (TPSA) is 24.3 Å². The second kappa shape index (κ2) is 12.8. The Balaban J connectivity index is 1.10. The number of rotatable bonds is 9. The predicted octanol–water partition coefficient (Wildman–Crippen LogP) is 7.47. The number of aryl methyl sites for hydroxylation is 2. The van der Waals surface area contributed by atoms with Crippen LogP contribution in [0.15, 0.2) is 109 Å². The zero-order valence-corrected chi connectivity index (χ0v) is 24.0. The number of benzene rings is 4. The van der Waals surface area contributed by atoms with E-state index in [9.17, 15) is 8.78 Å². The molecule has 0 unspecified atom stereocenters. The van der Waals surface area contributed by atoms with E-state index in [0.29, 0.717) is 0 Å². The minimum Gasteiger partial charge on any atom is -0.301 e. The summed E-state index contributed by atoms with van der Waals surface area (Å²) in [5.41, 5.74) is 7.72. The minimum atomic E-state index is -0.249. The summed E-state index contributed by atoms with van der Waals surface area (Å²) >= 11 is 0. The van der Waals surface area contributed by atoms with Crippen molar-refractivity contribution in [2.75, 3.05) is 32.7 Å². The van der Waals surface area contributed by atoms with Crippen LogP contribution in [0.1, 0.15) is 34.8 Å². The molecule has 1 aromatic heterocycles. The van der Waals surface area contributed by atoms with Gasteiger partial charge in [-0.05, 0) is 79.9 Å². The summed E-state index contributed by atoms with van der Waals surface area (Å²) in [6.07, 6.45) is 1.94. The van der Waals surface area contributed by atoms with Gasteiger partial charge in [-0.3, -0.25) is 4.90 Å². The van der Waals surface area contributed by atoms with Gasteiger partial charge in [-0.1, -0.05) is 72.3 Å². The first kappa shape index (κ1) is 28.0. The van der Waals surface area contributed by atoms with Crippen LogP contribution in [0.5, 0.6) is 0 Å². The van der Waals surface area contributed by atoms with Crippen molar-refractivity contribution in [3.8, 4) is 16.9 Å². The molecule has 1 saturated heterocycles. The Bertz CT molecular complexity index is 1530. The molecule has 6 heteroatoms. The van der Waals surface area contributed by atoms with Crippen molar-refractivity contribution in [2.24, 2.45) is 0 Å². The van der Waals surface area contributed by atoms with E-state index in [1.54, 1.807) is 0 Å². The number of nitrogens with zero attached hydrogens (tertiary/aromatic N) is 4. The molecule has 0 bridgehead atoms. The van der Waals surface area contributed by atoms with Gasteiger partial charge in [-0.2, -0.15) is 5.10 Å². The van der Waals surface area contributed by atoms with Crippen molar-refractivity contribution in [3.05, 3.63) is 143 Å². The lowest BCUT2D eigenvalue weighted by Crippen LogP contribution is -2.48. The Hall–Kier alpha value is -4.13. The van der Waals surface area contributed by atoms with Crippen LogP contribution in [0, 0.1) is 18.6 Å². The monoisotopic (exact) mass is 562 g/mol. The van der Waals surface area contributed by atoms with Crippen LogP contribution in [0.3, 0.4) is 0 Å². The third-order valence-electron chi connectivity index (χ3n) is 8.16. The van der Waals surface area contributed by atoms with E-state index >= 15 is 0 Å². The van der Waals surface area contributed by atoms with E-state index in [2.05, 4.69) is 63.9 Å². The highest BCUT2D eigenvalue weighted by Gasteiger charge is 2.26. The van der Waals surface area contributed by atoms with Gasteiger partial charge in [0.05, 0.1) is 23.1 Å². The number of hydrogen-bond donors (Lipinski definition) is 0. The largest absolute Gasteiger partial charge is 0.301 e. The van der Waals surface area contributed by atoms with E-state index < -0.39 is 0 Å². The van der Waals surface area contributed by atoms with Crippen molar-refractivity contribution in [2.45, 2.75) is 25.8 Å². The number of halogens is 2. The number of piperazine rings is 1. The van der Waals surface area contributed by atoms with E-state index in [0.717, 1.165) is 79.3 Å². The van der Waals surface area contributed by atoms with Crippen LogP contribution < -0.4 is 0 Å². The van der Waals surface area contributed by atoms with Crippen molar-refractivity contribution in [1.82, 2.24) is 19.6 Å². The smallest absolute Gasteiger partial charge is 0.123 e. The lowest BCUT2D eigenvalue weighted by molar-refractivity contribution is 0.108. The van der Waals surface area contributed by atoms with Gasteiger partial charge in [-0.15, -0.1) is 0 Å². The molecule has 0 atom stereocenters. The average Bonchev–Trinajstić information content (AvgIpc) is 3.45. The normalized spacial score (nSPS) is 14.5. The van der Waals surface area contributed by atoms with Gasteiger partial charge >= 0.3 is 0 Å². The molecule has 4 aromatic carbocycles. The van der Waals surface area contributed by atoms with Crippen molar-refractivity contribution in [1.29, 1.82) is 0 Å². The van der Waals surface area contributed by atoms with E-state index in [1.165, 1.54) is 29.8 Å². The maximum atomic E-state index is 13.7. The van der Waals surface area contributed by atoms with Gasteiger partial charge in [0.2, 0.25) is 0 Å². The van der Waals surface area contributed by atoms with Gasteiger partial charge in [-0.25, -0.2) is 13.5 Å². The first-order valence-electron chi connectivity index (χ1n) is 14.7. The molecule has 6 rings (SSSR count). The van der Waals surface area contributed by atoms with E-state index in [4.69, 9.17) is 5.10 Å². The molecule has 1 fully saturated rings. The lowest BCUT2D eigenvalue weighted by atomic mass is 9.96. The molecule has 0 radical (unpaired) electrons. The third kappa shape index (κ3) is 6.51. The Morgan fingerprint density at radius 1 is 0.714 bits per heavy atom. The molecule has 0 N–H and O–H groups in total. The Morgan fingerprint density at radius 3 is 1.90 bits per heavy atom. The van der Waals surface area contributed by atoms with Crippen LogP contribution in [-0.4, -0.2) is 52.3 Å². The summed E-state index contributed by atoms with van der Waals surface area (Å²) in [6, 6.07) is 34.5. The van der Waals surface area contributed by atoms with Gasteiger partial charge in [0.1, 0.15) is 11.6 Å². The first-order chi connectivity index (χ1) is 20.5. The quantitative estimate of drug-likeness (QED) is 0.186. The number of aromatic nitrogens is 2. The molecule has 0 amide bonds. The zero-order chi connectivity index (χ0) is 28.9. The second-order valence-corrected chi connectivity index (χ2v) is 11.1. The summed E-state index contributed by atoms with van der Waals surface area (Å²) in [5.74, 6) is -0.498. The highest BCUT2D eigenvalue weighted by molar-refractivity contribution is 5.63. The maximum absolute atomic E-state index is 13.7. The van der Waals surface area contributed by atoms with Gasteiger partial charge in [0.25, 0.3) is 0 Å². The molecule has 0 saturated carbocycles. The van der Waals surface area contributed by atoms with Crippen molar-refractivity contribution < 1.29 is 8.78 Å². The highest BCUT2D eigenvalue weighted by Crippen LogP contribution is 2.30. The SMILES string of the molecule is Cc1ccc(-c2cc(CCCN3CCN(C(c4ccc(F)cc4)c4ccc(F)cc4)CC3)nn2-c2ccccc2)cc1. The molecule has 1 aliphatic rings. The number of para-hydroxylation sites is 1. The van der Waals surface area contributed by atoms with Gasteiger partial charge in [0, 0.05) is 31.7 Å². The molecule has 0 aliphatic carbocycles. The van der Waals surface area contributed by atoms with Crippen LogP contribution in [0.2, 0.25) is 0 Å². The molecule has 2 heterocycles. The zero-order valence-electron chi connectivity index (χ0n) is 24.0. The maximum Gasteiger partial charge on any atom is 0.123 e. The van der Waals surface area contributed by atoms with Gasteiger partial charge in [0.15, 0.2) is 0 Å². The third-order valence-corrected chi connectivity index (χ3v) is 8.16. The van der Waals surface area contributed by atoms with Gasteiger partial charge < -0.3 is 4.90 Å². The summed E-state index contributed by atoms with van der Waals surface area (Å²) in [4.78, 5) is 4.93. The van der Waals surface area contributed by atoms with Crippen molar-refractivity contribution in [3.63, 3.8) is 0 Å². The fourth-order valence-electron chi connectivity index (χ4n) is 5.88.